The van der Waals surface area contributed by atoms with Crippen LogP contribution in [-0.2, 0) is 6.54 Å². The summed E-state index contributed by atoms with van der Waals surface area (Å²) in [4.78, 5) is 3.92. The molecule has 12 heavy (non-hydrogen) atoms. The van der Waals surface area contributed by atoms with Crippen molar-refractivity contribution in [3.05, 3.63) is 30.1 Å². The summed E-state index contributed by atoms with van der Waals surface area (Å²) in [7, 11) is 1.79. The summed E-state index contributed by atoms with van der Waals surface area (Å²) in [5.41, 5.74) is 1.17. The zero-order valence-electron chi connectivity index (χ0n) is 6.87. The average Bonchev–Trinajstić information content (AvgIpc) is 2.16. The highest BCUT2D eigenvalue weighted by Gasteiger charge is 1.91. The molecule has 2 N–H and O–H groups in total. The van der Waals surface area contributed by atoms with Gasteiger partial charge in [0.15, 0.2) is 5.11 Å². The van der Waals surface area contributed by atoms with Gasteiger partial charge in [0, 0.05) is 26.0 Å². The minimum Gasteiger partial charge on any atom is -0.366 e. The van der Waals surface area contributed by atoms with Gasteiger partial charge in [-0.3, -0.25) is 4.98 Å². The van der Waals surface area contributed by atoms with Gasteiger partial charge in [-0.15, -0.1) is 0 Å². The van der Waals surface area contributed by atoms with Crippen LogP contribution in [0.1, 0.15) is 5.56 Å². The molecule has 0 amide bonds. The summed E-state index contributed by atoms with van der Waals surface area (Å²) >= 11 is 4.92. The molecule has 0 fully saturated rings. The topological polar surface area (TPSA) is 37.0 Å². The first-order chi connectivity index (χ1) is 5.83. The molecule has 0 aliphatic rings. The molecule has 0 spiro atoms. The number of pyridine rings is 1. The van der Waals surface area contributed by atoms with Crippen molar-refractivity contribution in [2.24, 2.45) is 0 Å². The Balaban J connectivity index is 2.38. The molecule has 1 aromatic heterocycles. The van der Waals surface area contributed by atoms with Crippen LogP contribution in [0.4, 0.5) is 0 Å². The quantitative estimate of drug-likeness (QED) is 0.658. The molecule has 0 aliphatic carbocycles. The summed E-state index contributed by atoms with van der Waals surface area (Å²) in [5, 5.41) is 6.54. The highest BCUT2D eigenvalue weighted by atomic mass is 32.1. The molecule has 0 atom stereocenters. The number of hydrogen-bond acceptors (Lipinski definition) is 2. The zero-order valence-corrected chi connectivity index (χ0v) is 7.69. The number of aromatic nitrogens is 1. The molecule has 1 heterocycles. The molecule has 0 aromatic carbocycles. The monoisotopic (exact) mass is 181 g/mol. The average molecular weight is 181 g/mol. The summed E-state index contributed by atoms with van der Waals surface area (Å²) in [5.74, 6) is 0. The first-order valence-corrected chi connectivity index (χ1v) is 4.08. The molecule has 0 radical (unpaired) electrons. The van der Waals surface area contributed by atoms with Gasteiger partial charge in [-0.2, -0.15) is 0 Å². The Morgan fingerprint density at radius 3 is 2.75 bits per heavy atom. The molecule has 64 valence electrons. The van der Waals surface area contributed by atoms with E-state index >= 15 is 0 Å². The Morgan fingerprint density at radius 1 is 1.50 bits per heavy atom. The number of thiocarbonyl (C=S) groups is 1. The Bertz CT molecular complexity index is 248. The maximum absolute atomic E-state index is 4.92. The van der Waals surface area contributed by atoms with Crippen LogP contribution < -0.4 is 10.6 Å². The van der Waals surface area contributed by atoms with E-state index in [0.29, 0.717) is 5.11 Å². The van der Waals surface area contributed by atoms with E-state index in [9.17, 15) is 0 Å². The van der Waals surface area contributed by atoms with Crippen molar-refractivity contribution in [1.29, 1.82) is 0 Å². The van der Waals surface area contributed by atoms with E-state index in [4.69, 9.17) is 12.2 Å². The predicted molar refractivity (Wildman–Crippen MR) is 52.7 cm³/mol. The minimum absolute atomic E-state index is 0.659. The number of hydrogen-bond donors (Lipinski definition) is 2. The van der Waals surface area contributed by atoms with Crippen LogP contribution in [-0.4, -0.2) is 17.1 Å². The predicted octanol–water partition coefficient (Wildman–Crippen LogP) is 0.675. The van der Waals surface area contributed by atoms with Crippen LogP contribution >= 0.6 is 12.2 Å². The lowest BCUT2D eigenvalue weighted by molar-refractivity contribution is 0.888. The largest absolute Gasteiger partial charge is 0.366 e. The fourth-order valence-corrected chi connectivity index (χ4v) is 0.844. The fraction of sp³-hybridized carbons (Fsp3) is 0.250. The van der Waals surface area contributed by atoms with E-state index in [1.165, 1.54) is 5.56 Å². The molecule has 0 aliphatic heterocycles. The van der Waals surface area contributed by atoms with E-state index in [-0.39, 0.29) is 0 Å². The highest BCUT2D eigenvalue weighted by molar-refractivity contribution is 7.80. The molecular weight excluding hydrogens is 170 g/mol. The van der Waals surface area contributed by atoms with Gasteiger partial charge in [-0.25, -0.2) is 0 Å². The van der Waals surface area contributed by atoms with Crippen LogP contribution in [0.2, 0.25) is 0 Å². The Kier molecular flexibility index (Phi) is 3.47. The van der Waals surface area contributed by atoms with Crippen molar-refractivity contribution in [3.8, 4) is 0 Å². The van der Waals surface area contributed by atoms with Gasteiger partial charge in [0.05, 0.1) is 0 Å². The first kappa shape index (κ1) is 8.93. The normalized spacial score (nSPS) is 9.08. The Morgan fingerprint density at radius 2 is 2.17 bits per heavy atom. The first-order valence-electron chi connectivity index (χ1n) is 3.67. The zero-order chi connectivity index (χ0) is 8.81. The van der Waals surface area contributed by atoms with Gasteiger partial charge in [0.2, 0.25) is 0 Å². The number of nitrogens with zero attached hydrogens (tertiary/aromatic N) is 1. The fourth-order valence-electron chi connectivity index (χ4n) is 0.771. The van der Waals surface area contributed by atoms with Gasteiger partial charge < -0.3 is 10.6 Å². The SMILES string of the molecule is CNC(=S)NCc1ccncc1. The molecule has 0 saturated carbocycles. The summed E-state index contributed by atoms with van der Waals surface area (Å²) in [6, 6.07) is 3.90. The van der Waals surface area contributed by atoms with E-state index in [1.54, 1.807) is 19.4 Å². The van der Waals surface area contributed by atoms with Gasteiger partial charge in [0.25, 0.3) is 0 Å². The van der Waals surface area contributed by atoms with Crippen LogP contribution in [0.25, 0.3) is 0 Å². The Labute approximate surface area is 77.2 Å². The summed E-state index contributed by atoms with van der Waals surface area (Å²) in [6.07, 6.45) is 3.53. The van der Waals surface area contributed by atoms with E-state index in [1.807, 2.05) is 12.1 Å². The number of nitrogens with one attached hydrogen (secondary N) is 2. The van der Waals surface area contributed by atoms with Crippen molar-refractivity contribution < 1.29 is 0 Å². The van der Waals surface area contributed by atoms with Crippen molar-refractivity contribution in [1.82, 2.24) is 15.6 Å². The van der Waals surface area contributed by atoms with Gasteiger partial charge >= 0.3 is 0 Å². The van der Waals surface area contributed by atoms with Gasteiger partial charge in [0.1, 0.15) is 0 Å². The molecule has 0 unspecified atom stereocenters. The van der Waals surface area contributed by atoms with E-state index < -0.39 is 0 Å². The van der Waals surface area contributed by atoms with Crippen LogP contribution in [0, 0.1) is 0 Å². The third kappa shape index (κ3) is 2.84. The molecule has 1 rings (SSSR count). The van der Waals surface area contributed by atoms with Gasteiger partial charge in [-0.05, 0) is 29.9 Å². The molecular formula is C8H11N3S. The maximum Gasteiger partial charge on any atom is 0.166 e. The second-order valence-electron chi connectivity index (χ2n) is 2.29. The van der Waals surface area contributed by atoms with Crippen LogP contribution in [0.5, 0.6) is 0 Å². The molecule has 0 saturated heterocycles. The maximum atomic E-state index is 4.92. The lowest BCUT2D eigenvalue weighted by Crippen LogP contribution is -2.31. The number of rotatable bonds is 2. The summed E-state index contributed by atoms with van der Waals surface area (Å²) in [6.45, 7) is 0.738. The third-order valence-corrected chi connectivity index (χ3v) is 1.78. The molecule has 3 nitrogen and oxygen atoms in total. The smallest absolute Gasteiger partial charge is 0.166 e. The second-order valence-corrected chi connectivity index (χ2v) is 2.70. The molecule has 0 bridgehead atoms. The Hall–Kier alpha value is -1.16. The van der Waals surface area contributed by atoms with Crippen LogP contribution in [0.15, 0.2) is 24.5 Å². The second kappa shape index (κ2) is 4.66. The lowest BCUT2D eigenvalue weighted by atomic mass is 10.3. The molecule has 4 heteroatoms. The van der Waals surface area contributed by atoms with E-state index in [2.05, 4.69) is 15.6 Å². The third-order valence-electron chi connectivity index (χ3n) is 1.43. The van der Waals surface area contributed by atoms with Crippen molar-refractivity contribution in [2.45, 2.75) is 6.54 Å². The van der Waals surface area contributed by atoms with Crippen molar-refractivity contribution in [3.63, 3.8) is 0 Å². The van der Waals surface area contributed by atoms with Gasteiger partial charge in [-0.1, -0.05) is 0 Å². The minimum atomic E-state index is 0.659. The highest BCUT2D eigenvalue weighted by Crippen LogP contribution is 1.93. The summed E-state index contributed by atoms with van der Waals surface area (Å²) < 4.78 is 0. The van der Waals surface area contributed by atoms with Crippen LogP contribution in [0.3, 0.4) is 0 Å². The van der Waals surface area contributed by atoms with E-state index in [0.717, 1.165) is 6.54 Å². The molecule has 1 aromatic rings. The van der Waals surface area contributed by atoms with Crippen molar-refractivity contribution >= 4 is 17.3 Å². The standard InChI is InChI=1S/C8H11N3S/c1-9-8(12)11-6-7-2-4-10-5-3-7/h2-5H,6H2,1H3,(H2,9,11,12). The van der Waals surface area contributed by atoms with Crippen molar-refractivity contribution in [2.75, 3.05) is 7.05 Å². The lowest BCUT2D eigenvalue weighted by Gasteiger charge is -2.05.